The van der Waals surface area contributed by atoms with Gasteiger partial charge in [-0.2, -0.15) is 0 Å². The molecule has 0 heteroatoms. The Morgan fingerprint density at radius 3 is 1.76 bits per heavy atom. The highest BCUT2D eigenvalue weighted by molar-refractivity contribution is 5.20. The fourth-order valence-corrected chi connectivity index (χ4v) is 3.37. The molecule has 0 amide bonds. The van der Waals surface area contributed by atoms with Gasteiger partial charge in [-0.1, -0.05) is 81.4 Å². The molecule has 0 nitrogen and oxygen atoms in total. The summed E-state index contributed by atoms with van der Waals surface area (Å²) in [6.07, 6.45) is 3.79. The topological polar surface area (TPSA) is 0 Å². The fraction of sp³-hybridized carbons (Fsp3) is 0.429. The van der Waals surface area contributed by atoms with Gasteiger partial charge in [0.25, 0.3) is 0 Å². The molecule has 0 fully saturated rings. The molecule has 2 aromatic carbocycles. The van der Waals surface area contributed by atoms with Gasteiger partial charge in [0.05, 0.1) is 0 Å². The van der Waals surface area contributed by atoms with Crippen LogP contribution in [-0.4, -0.2) is 0 Å². The van der Waals surface area contributed by atoms with E-state index in [2.05, 4.69) is 81.4 Å². The van der Waals surface area contributed by atoms with Gasteiger partial charge in [0.1, 0.15) is 0 Å². The third kappa shape index (κ3) is 4.74. The smallest absolute Gasteiger partial charge is 0.0162 e. The van der Waals surface area contributed by atoms with Crippen molar-refractivity contribution in [2.75, 3.05) is 0 Å². The summed E-state index contributed by atoms with van der Waals surface area (Å²) >= 11 is 0. The van der Waals surface area contributed by atoms with E-state index in [9.17, 15) is 0 Å². The Morgan fingerprint density at radius 2 is 1.24 bits per heavy atom. The molecule has 0 aromatic heterocycles. The van der Waals surface area contributed by atoms with Crippen LogP contribution in [0.4, 0.5) is 0 Å². The second kappa shape index (κ2) is 8.02. The Balaban J connectivity index is 1.93. The number of benzene rings is 2. The normalized spacial score (nSPS) is 15.4. The average Bonchev–Trinajstić information content (AvgIpc) is 2.54. The van der Waals surface area contributed by atoms with E-state index < -0.39 is 0 Å². The van der Waals surface area contributed by atoms with Crippen LogP contribution in [0, 0.1) is 5.92 Å². The number of hydrogen-bond acceptors (Lipinski definition) is 0. The third-order valence-corrected chi connectivity index (χ3v) is 4.58. The molecule has 3 atom stereocenters. The molecular formula is C21H28. The first-order valence-electron chi connectivity index (χ1n) is 8.30. The molecule has 112 valence electrons. The molecule has 0 saturated heterocycles. The summed E-state index contributed by atoms with van der Waals surface area (Å²) in [7, 11) is 0. The Labute approximate surface area is 130 Å². The van der Waals surface area contributed by atoms with Crippen molar-refractivity contribution in [2.45, 2.75) is 51.9 Å². The van der Waals surface area contributed by atoms with Crippen LogP contribution in [0.1, 0.15) is 63.0 Å². The van der Waals surface area contributed by atoms with E-state index in [4.69, 9.17) is 0 Å². The lowest BCUT2D eigenvalue weighted by Crippen LogP contribution is -2.08. The van der Waals surface area contributed by atoms with Crippen LogP contribution in [0.5, 0.6) is 0 Å². The molecule has 0 radical (unpaired) electrons. The second-order valence-corrected chi connectivity index (χ2v) is 6.40. The highest BCUT2D eigenvalue weighted by Crippen LogP contribution is 2.32. The second-order valence-electron chi connectivity index (χ2n) is 6.40. The van der Waals surface area contributed by atoms with Crippen molar-refractivity contribution in [1.29, 1.82) is 0 Å². The van der Waals surface area contributed by atoms with Crippen LogP contribution in [0.2, 0.25) is 0 Å². The highest BCUT2D eigenvalue weighted by Gasteiger charge is 2.16. The van der Waals surface area contributed by atoms with Crippen molar-refractivity contribution in [3.05, 3.63) is 71.8 Å². The first-order chi connectivity index (χ1) is 10.2. The summed E-state index contributed by atoms with van der Waals surface area (Å²) in [6, 6.07) is 21.9. The van der Waals surface area contributed by atoms with Gasteiger partial charge < -0.3 is 0 Å². The molecule has 2 rings (SSSR count). The maximum atomic E-state index is 2.41. The van der Waals surface area contributed by atoms with Gasteiger partial charge in [0, 0.05) is 0 Å². The molecule has 2 unspecified atom stereocenters. The summed E-state index contributed by atoms with van der Waals surface area (Å²) in [5.74, 6) is 2.10. The van der Waals surface area contributed by atoms with Crippen molar-refractivity contribution in [1.82, 2.24) is 0 Å². The number of hydrogen-bond donors (Lipinski definition) is 0. The van der Waals surface area contributed by atoms with Gasteiger partial charge in [-0.25, -0.2) is 0 Å². The number of rotatable bonds is 7. The maximum Gasteiger partial charge on any atom is -0.0162 e. The van der Waals surface area contributed by atoms with Gasteiger partial charge in [0.15, 0.2) is 0 Å². The standard InChI is InChI=1S/C21H28/c1-4-19(21-13-9-6-10-14-21)16-17(2)15-18(3)20-11-7-5-8-12-20/h5-14,17-19H,4,15-16H2,1-3H3/t17?,18-,19?/m1/s1. The zero-order valence-corrected chi connectivity index (χ0v) is 13.6. The summed E-state index contributed by atoms with van der Waals surface area (Å²) in [5, 5.41) is 0. The molecule has 0 aliphatic rings. The van der Waals surface area contributed by atoms with E-state index in [1.165, 1.54) is 30.4 Å². The van der Waals surface area contributed by atoms with Gasteiger partial charge in [-0.3, -0.25) is 0 Å². The van der Waals surface area contributed by atoms with Crippen molar-refractivity contribution in [2.24, 2.45) is 5.92 Å². The molecule has 0 saturated carbocycles. The zero-order chi connectivity index (χ0) is 15.1. The summed E-state index contributed by atoms with van der Waals surface area (Å²) in [5.41, 5.74) is 2.97. The van der Waals surface area contributed by atoms with E-state index in [-0.39, 0.29) is 0 Å². The minimum absolute atomic E-state index is 0.648. The minimum atomic E-state index is 0.648. The van der Waals surface area contributed by atoms with Crippen molar-refractivity contribution in [3.63, 3.8) is 0 Å². The van der Waals surface area contributed by atoms with Crippen LogP contribution in [0.15, 0.2) is 60.7 Å². The molecule has 0 bridgehead atoms. The molecule has 0 spiro atoms. The Bertz CT molecular complexity index is 500. The van der Waals surface area contributed by atoms with Crippen LogP contribution < -0.4 is 0 Å². The highest BCUT2D eigenvalue weighted by atomic mass is 14.2. The molecule has 0 aliphatic heterocycles. The van der Waals surface area contributed by atoms with Gasteiger partial charge in [-0.05, 0) is 48.1 Å². The lowest BCUT2D eigenvalue weighted by atomic mass is 9.82. The van der Waals surface area contributed by atoms with Crippen LogP contribution >= 0.6 is 0 Å². The Kier molecular flexibility index (Phi) is 6.04. The first-order valence-corrected chi connectivity index (χ1v) is 8.30. The average molecular weight is 280 g/mol. The zero-order valence-electron chi connectivity index (χ0n) is 13.6. The quantitative estimate of drug-likeness (QED) is 0.550. The largest absolute Gasteiger partial charge is 0.0648 e. The van der Waals surface area contributed by atoms with Gasteiger partial charge in [-0.15, -0.1) is 0 Å². The predicted molar refractivity (Wildman–Crippen MR) is 92.7 cm³/mol. The molecule has 2 aromatic rings. The lowest BCUT2D eigenvalue weighted by Gasteiger charge is -2.23. The summed E-state index contributed by atoms with van der Waals surface area (Å²) in [6.45, 7) is 7.07. The fourth-order valence-electron chi connectivity index (χ4n) is 3.37. The van der Waals surface area contributed by atoms with Crippen molar-refractivity contribution >= 4 is 0 Å². The first kappa shape index (κ1) is 15.8. The Hall–Kier alpha value is -1.56. The molecule has 21 heavy (non-hydrogen) atoms. The van der Waals surface area contributed by atoms with Crippen LogP contribution in [-0.2, 0) is 0 Å². The molecule has 0 heterocycles. The van der Waals surface area contributed by atoms with Gasteiger partial charge in [0.2, 0.25) is 0 Å². The lowest BCUT2D eigenvalue weighted by molar-refractivity contribution is 0.407. The van der Waals surface area contributed by atoms with Gasteiger partial charge >= 0.3 is 0 Å². The van der Waals surface area contributed by atoms with E-state index in [1.807, 2.05) is 0 Å². The minimum Gasteiger partial charge on any atom is -0.0648 e. The van der Waals surface area contributed by atoms with Crippen molar-refractivity contribution < 1.29 is 0 Å². The van der Waals surface area contributed by atoms with Crippen LogP contribution in [0.3, 0.4) is 0 Å². The van der Waals surface area contributed by atoms with E-state index in [0.717, 1.165) is 5.92 Å². The van der Waals surface area contributed by atoms with Crippen molar-refractivity contribution in [3.8, 4) is 0 Å². The molecule has 0 N–H and O–H groups in total. The third-order valence-electron chi connectivity index (χ3n) is 4.58. The van der Waals surface area contributed by atoms with Crippen LogP contribution in [0.25, 0.3) is 0 Å². The summed E-state index contributed by atoms with van der Waals surface area (Å²) in [4.78, 5) is 0. The van der Waals surface area contributed by atoms with E-state index in [0.29, 0.717) is 11.8 Å². The Morgan fingerprint density at radius 1 is 0.714 bits per heavy atom. The maximum absolute atomic E-state index is 2.41. The van der Waals surface area contributed by atoms with E-state index in [1.54, 1.807) is 0 Å². The van der Waals surface area contributed by atoms with E-state index >= 15 is 0 Å². The SMILES string of the molecule is CCC(CC(C)C[C@@H](C)c1ccccc1)c1ccccc1. The summed E-state index contributed by atoms with van der Waals surface area (Å²) < 4.78 is 0. The monoisotopic (exact) mass is 280 g/mol. The predicted octanol–water partition coefficient (Wildman–Crippen LogP) is 6.40. The molecule has 0 aliphatic carbocycles. The molecular weight excluding hydrogens is 252 g/mol.